The number of hydrogen-bond acceptors (Lipinski definition) is 3. The van der Waals surface area contributed by atoms with Crippen LogP contribution in [0.4, 0.5) is 5.69 Å². The molecule has 0 bridgehead atoms. The lowest BCUT2D eigenvalue weighted by Gasteiger charge is -2.36. The van der Waals surface area contributed by atoms with Gasteiger partial charge < -0.3 is 9.80 Å². The Morgan fingerprint density at radius 2 is 1.74 bits per heavy atom. The number of aryl methyl sites for hydroxylation is 1. The predicted molar refractivity (Wildman–Crippen MR) is 114 cm³/mol. The van der Waals surface area contributed by atoms with Gasteiger partial charge in [-0.15, -0.1) is 11.3 Å². The van der Waals surface area contributed by atoms with E-state index >= 15 is 0 Å². The van der Waals surface area contributed by atoms with Crippen molar-refractivity contribution >= 4 is 34.5 Å². The molecule has 1 saturated heterocycles. The monoisotopic (exact) mass is 396 g/mol. The third-order valence-electron chi connectivity index (χ3n) is 4.96. The fraction of sp³-hybridized carbons (Fsp3) is 0.227. The van der Waals surface area contributed by atoms with Crippen LogP contribution in [-0.2, 0) is 0 Å². The van der Waals surface area contributed by atoms with Crippen molar-refractivity contribution in [2.45, 2.75) is 6.92 Å². The first-order valence-corrected chi connectivity index (χ1v) is 10.3. The van der Waals surface area contributed by atoms with E-state index in [-0.39, 0.29) is 5.91 Å². The molecule has 1 aliphatic rings. The summed E-state index contributed by atoms with van der Waals surface area (Å²) < 4.78 is 0. The Morgan fingerprint density at radius 3 is 2.44 bits per heavy atom. The Kier molecular flexibility index (Phi) is 5.19. The highest BCUT2D eigenvalue weighted by Gasteiger charge is 2.25. The van der Waals surface area contributed by atoms with E-state index in [2.05, 4.69) is 42.2 Å². The highest BCUT2D eigenvalue weighted by atomic mass is 35.5. The van der Waals surface area contributed by atoms with E-state index in [0.717, 1.165) is 52.9 Å². The van der Waals surface area contributed by atoms with Gasteiger partial charge in [-0.3, -0.25) is 4.79 Å². The van der Waals surface area contributed by atoms with Crippen LogP contribution >= 0.6 is 22.9 Å². The molecule has 138 valence electrons. The zero-order valence-electron chi connectivity index (χ0n) is 15.2. The Bertz CT molecular complexity index is 943. The number of anilines is 1. The third kappa shape index (κ3) is 3.87. The second-order valence-corrected chi connectivity index (χ2v) is 8.14. The molecule has 0 N–H and O–H groups in total. The second kappa shape index (κ2) is 7.75. The molecular weight excluding hydrogens is 376 g/mol. The zero-order valence-corrected chi connectivity index (χ0v) is 16.8. The minimum Gasteiger partial charge on any atom is -0.368 e. The second-order valence-electron chi connectivity index (χ2n) is 6.79. The van der Waals surface area contributed by atoms with Crippen molar-refractivity contribution in [1.82, 2.24) is 4.90 Å². The summed E-state index contributed by atoms with van der Waals surface area (Å²) >= 11 is 7.63. The molecule has 1 aliphatic heterocycles. The predicted octanol–water partition coefficient (Wildman–Crippen LogP) is 5.34. The fourth-order valence-electron chi connectivity index (χ4n) is 3.42. The smallest absolute Gasteiger partial charge is 0.264 e. The van der Waals surface area contributed by atoms with Crippen molar-refractivity contribution in [3.63, 3.8) is 0 Å². The number of thiophene rings is 1. The quantitative estimate of drug-likeness (QED) is 0.596. The van der Waals surface area contributed by atoms with E-state index < -0.39 is 0 Å². The Labute approximate surface area is 168 Å². The molecule has 0 spiro atoms. The van der Waals surface area contributed by atoms with Crippen LogP contribution in [0.1, 0.15) is 15.2 Å². The summed E-state index contributed by atoms with van der Waals surface area (Å²) in [5, 5.41) is 2.75. The van der Waals surface area contributed by atoms with Crippen LogP contribution in [0.25, 0.3) is 11.1 Å². The van der Waals surface area contributed by atoms with Crippen molar-refractivity contribution in [1.29, 1.82) is 0 Å². The molecule has 2 heterocycles. The van der Waals surface area contributed by atoms with Gasteiger partial charge in [0.25, 0.3) is 5.91 Å². The molecule has 4 rings (SSSR count). The number of piperazine rings is 1. The lowest BCUT2D eigenvalue weighted by molar-refractivity contribution is 0.0752. The Balaban J connectivity index is 1.47. The Morgan fingerprint density at radius 1 is 1.00 bits per heavy atom. The number of amides is 1. The molecule has 0 unspecified atom stereocenters. The summed E-state index contributed by atoms with van der Waals surface area (Å²) in [4.78, 5) is 18.2. The molecule has 0 saturated carbocycles. The van der Waals surface area contributed by atoms with E-state index in [1.807, 2.05) is 34.5 Å². The van der Waals surface area contributed by atoms with E-state index in [4.69, 9.17) is 11.6 Å². The molecule has 1 fully saturated rings. The third-order valence-corrected chi connectivity index (χ3v) is 6.10. The van der Waals surface area contributed by atoms with E-state index in [9.17, 15) is 4.79 Å². The molecule has 0 radical (unpaired) electrons. The molecule has 3 aromatic rings. The van der Waals surface area contributed by atoms with Crippen molar-refractivity contribution < 1.29 is 4.79 Å². The average Bonchev–Trinajstić information content (AvgIpc) is 3.18. The van der Waals surface area contributed by atoms with Crippen LogP contribution in [0.2, 0.25) is 5.02 Å². The summed E-state index contributed by atoms with van der Waals surface area (Å²) in [6.45, 7) is 5.14. The SMILES string of the molecule is Cc1ccc(-c2ccsc2C(=O)N2CCN(c3cccc(Cl)c3)CC2)cc1. The van der Waals surface area contributed by atoms with Gasteiger partial charge in [0.2, 0.25) is 0 Å². The number of halogens is 1. The lowest BCUT2D eigenvalue weighted by Crippen LogP contribution is -2.48. The van der Waals surface area contributed by atoms with Gasteiger partial charge in [0.05, 0.1) is 4.88 Å². The first-order chi connectivity index (χ1) is 13.1. The Hall–Kier alpha value is -2.30. The molecule has 5 heteroatoms. The summed E-state index contributed by atoms with van der Waals surface area (Å²) in [6.07, 6.45) is 0. The number of nitrogens with zero attached hydrogens (tertiary/aromatic N) is 2. The molecule has 1 aromatic heterocycles. The van der Waals surface area contributed by atoms with E-state index in [1.165, 1.54) is 16.9 Å². The summed E-state index contributed by atoms with van der Waals surface area (Å²) in [5.74, 6) is 0.131. The first kappa shape index (κ1) is 18.1. The van der Waals surface area contributed by atoms with Gasteiger partial charge in [0, 0.05) is 42.5 Å². The maximum absolute atomic E-state index is 13.1. The van der Waals surface area contributed by atoms with Crippen LogP contribution < -0.4 is 4.90 Å². The fourth-order valence-corrected chi connectivity index (χ4v) is 4.49. The van der Waals surface area contributed by atoms with Crippen LogP contribution in [-0.4, -0.2) is 37.0 Å². The minimum atomic E-state index is 0.131. The summed E-state index contributed by atoms with van der Waals surface area (Å²) in [7, 11) is 0. The van der Waals surface area contributed by atoms with Gasteiger partial charge in [0.1, 0.15) is 0 Å². The molecule has 1 amide bonds. The van der Waals surface area contributed by atoms with Crippen LogP contribution in [0.15, 0.2) is 60.0 Å². The molecule has 3 nitrogen and oxygen atoms in total. The van der Waals surface area contributed by atoms with E-state index in [0.29, 0.717) is 0 Å². The number of carbonyl (C=O) groups is 1. The van der Waals surface area contributed by atoms with Crippen molar-refractivity contribution in [2.75, 3.05) is 31.1 Å². The van der Waals surface area contributed by atoms with Crippen LogP contribution in [0, 0.1) is 6.92 Å². The van der Waals surface area contributed by atoms with Gasteiger partial charge in [-0.25, -0.2) is 0 Å². The average molecular weight is 397 g/mol. The first-order valence-electron chi connectivity index (χ1n) is 9.06. The largest absolute Gasteiger partial charge is 0.368 e. The van der Waals surface area contributed by atoms with Gasteiger partial charge in [-0.2, -0.15) is 0 Å². The minimum absolute atomic E-state index is 0.131. The lowest BCUT2D eigenvalue weighted by atomic mass is 10.0. The molecule has 0 aliphatic carbocycles. The van der Waals surface area contributed by atoms with Crippen molar-refractivity contribution in [2.24, 2.45) is 0 Å². The number of hydrogen-bond donors (Lipinski definition) is 0. The van der Waals surface area contributed by atoms with Crippen molar-refractivity contribution in [3.05, 3.63) is 75.4 Å². The molecule has 2 aromatic carbocycles. The summed E-state index contributed by atoms with van der Waals surface area (Å²) in [5.41, 5.74) is 4.47. The normalized spacial score (nSPS) is 14.4. The van der Waals surface area contributed by atoms with Gasteiger partial charge in [-0.1, -0.05) is 47.5 Å². The number of rotatable bonds is 3. The zero-order chi connectivity index (χ0) is 18.8. The maximum atomic E-state index is 13.1. The summed E-state index contributed by atoms with van der Waals surface area (Å²) in [6, 6.07) is 18.3. The van der Waals surface area contributed by atoms with E-state index in [1.54, 1.807) is 0 Å². The van der Waals surface area contributed by atoms with Gasteiger partial charge >= 0.3 is 0 Å². The number of benzene rings is 2. The highest BCUT2D eigenvalue weighted by molar-refractivity contribution is 7.12. The highest BCUT2D eigenvalue weighted by Crippen LogP contribution is 2.30. The van der Waals surface area contributed by atoms with Crippen LogP contribution in [0.5, 0.6) is 0 Å². The van der Waals surface area contributed by atoms with Crippen LogP contribution in [0.3, 0.4) is 0 Å². The maximum Gasteiger partial charge on any atom is 0.264 e. The molecule has 0 atom stereocenters. The van der Waals surface area contributed by atoms with Crippen molar-refractivity contribution in [3.8, 4) is 11.1 Å². The van der Waals surface area contributed by atoms with Gasteiger partial charge in [-0.05, 0) is 42.1 Å². The van der Waals surface area contributed by atoms with Gasteiger partial charge in [0.15, 0.2) is 0 Å². The molecular formula is C22H21ClN2OS. The molecule has 27 heavy (non-hydrogen) atoms. The standard InChI is InChI=1S/C22H21ClN2OS/c1-16-5-7-17(8-6-16)20-9-14-27-21(20)22(26)25-12-10-24(11-13-25)19-4-2-3-18(23)15-19/h2-9,14-15H,10-13H2,1H3. The number of carbonyl (C=O) groups excluding carboxylic acids is 1. The topological polar surface area (TPSA) is 23.6 Å².